The van der Waals surface area contributed by atoms with Crippen molar-refractivity contribution in [3.05, 3.63) is 57.9 Å². The number of hydrogen-bond donors (Lipinski definition) is 1. The molecule has 0 saturated heterocycles. The minimum atomic E-state index is -0.894. The zero-order valence-electron chi connectivity index (χ0n) is 11.0. The number of aromatic nitrogens is 2. The summed E-state index contributed by atoms with van der Waals surface area (Å²) in [5, 5.41) is 0. The van der Waals surface area contributed by atoms with Gasteiger partial charge in [-0.15, -0.1) is 0 Å². The fourth-order valence-electron chi connectivity index (χ4n) is 2.42. The molecule has 0 radical (unpaired) electrons. The molecule has 0 aliphatic heterocycles. The van der Waals surface area contributed by atoms with E-state index >= 15 is 0 Å². The molecule has 0 bridgehead atoms. The first-order valence-electron chi connectivity index (χ1n) is 6.15. The highest BCUT2D eigenvalue weighted by Gasteiger charge is 2.15. The van der Waals surface area contributed by atoms with Gasteiger partial charge >= 0.3 is 0 Å². The molecule has 2 aromatic carbocycles. The van der Waals surface area contributed by atoms with Crippen molar-refractivity contribution in [1.82, 2.24) is 9.55 Å². The van der Waals surface area contributed by atoms with Gasteiger partial charge in [0.25, 0.3) is 0 Å². The normalized spacial score (nSPS) is 11.2. The first-order valence-corrected chi connectivity index (χ1v) is 6.56. The molecule has 2 nitrogen and oxygen atoms in total. The monoisotopic (exact) mass is 290 g/mol. The first-order chi connectivity index (χ1) is 9.49. The van der Waals surface area contributed by atoms with Crippen LogP contribution >= 0.6 is 12.2 Å². The first kappa shape index (κ1) is 13.0. The molecule has 0 atom stereocenters. The van der Waals surface area contributed by atoms with Crippen molar-refractivity contribution in [3.8, 4) is 5.69 Å². The molecule has 0 aliphatic carbocycles. The number of rotatable bonds is 1. The van der Waals surface area contributed by atoms with Crippen molar-refractivity contribution in [2.45, 2.75) is 13.8 Å². The molecule has 102 valence electrons. The molecule has 20 heavy (non-hydrogen) atoms. The van der Waals surface area contributed by atoms with Crippen LogP contribution in [0.15, 0.2) is 30.3 Å². The molecule has 0 amide bonds. The molecule has 5 heteroatoms. The molecule has 3 aromatic rings. The lowest BCUT2D eigenvalue weighted by Crippen LogP contribution is -2.00. The molecule has 0 fully saturated rings. The Morgan fingerprint density at radius 3 is 2.55 bits per heavy atom. The second-order valence-electron chi connectivity index (χ2n) is 4.81. The third-order valence-corrected chi connectivity index (χ3v) is 3.62. The van der Waals surface area contributed by atoms with Crippen LogP contribution in [-0.4, -0.2) is 9.55 Å². The van der Waals surface area contributed by atoms with E-state index in [1.165, 1.54) is 10.6 Å². The molecular weight excluding hydrogens is 278 g/mol. The summed E-state index contributed by atoms with van der Waals surface area (Å²) < 4.78 is 29.5. The maximum atomic E-state index is 14.1. The average Bonchev–Trinajstić information content (AvgIpc) is 2.72. The molecule has 3 rings (SSSR count). The summed E-state index contributed by atoms with van der Waals surface area (Å²) in [7, 11) is 0. The van der Waals surface area contributed by atoms with E-state index in [1.807, 2.05) is 32.0 Å². The number of aromatic amines is 1. The van der Waals surface area contributed by atoms with Crippen molar-refractivity contribution in [1.29, 1.82) is 0 Å². The van der Waals surface area contributed by atoms with E-state index < -0.39 is 11.6 Å². The minimum Gasteiger partial charge on any atom is -0.330 e. The smallest absolute Gasteiger partial charge is 0.184 e. The minimum absolute atomic E-state index is 0.141. The number of nitrogens with zero attached hydrogens (tertiary/aromatic N) is 1. The van der Waals surface area contributed by atoms with Gasteiger partial charge in [0.15, 0.2) is 16.4 Å². The van der Waals surface area contributed by atoms with Gasteiger partial charge in [-0.25, -0.2) is 8.78 Å². The van der Waals surface area contributed by atoms with Crippen LogP contribution in [0.4, 0.5) is 8.78 Å². The highest BCUT2D eigenvalue weighted by atomic mass is 32.1. The van der Waals surface area contributed by atoms with E-state index in [-0.39, 0.29) is 5.52 Å². The van der Waals surface area contributed by atoms with Gasteiger partial charge in [-0.2, -0.15) is 0 Å². The quantitative estimate of drug-likeness (QED) is 0.650. The molecule has 1 aromatic heterocycles. The predicted octanol–water partition coefficient (Wildman–Crippen LogP) is 4.58. The van der Waals surface area contributed by atoms with Crippen LogP contribution in [0, 0.1) is 30.3 Å². The van der Waals surface area contributed by atoms with E-state index in [4.69, 9.17) is 12.2 Å². The van der Waals surface area contributed by atoms with Gasteiger partial charge in [0.05, 0.1) is 11.2 Å². The second kappa shape index (κ2) is 4.52. The van der Waals surface area contributed by atoms with Crippen molar-refractivity contribution in [3.63, 3.8) is 0 Å². The molecule has 1 heterocycles. The summed E-state index contributed by atoms with van der Waals surface area (Å²) >= 11 is 5.25. The van der Waals surface area contributed by atoms with Crippen molar-refractivity contribution in [2.75, 3.05) is 0 Å². The predicted molar refractivity (Wildman–Crippen MR) is 77.8 cm³/mol. The maximum Gasteiger partial charge on any atom is 0.184 e. The van der Waals surface area contributed by atoms with E-state index in [9.17, 15) is 8.78 Å². The van der Waals surface area contributed by atoms with Gasteiger partial charge in [-0.1, -0.05) is 17.7 Å². The Kier molecular flexibility index (Phi) is 2.94. The van der Waals surface area contributed by atoms with E-state index in [1.54, 1.807) is 0 Å². The third kappa shape index (κ3) is 1.86. The van der Waals surface area contributed by atoms with E-state index in [0.717, 1.165) is 22.9 Å². The Balaban J connectivity index is 2.44. The summed E-state index contributed by atoms with van der Waals surface area (Å²) in [5.74, 6) is -1.78. The Bertz CT molecular complexity index is 877. The number of halogens is 2. The highest BCUT2D eigenvalue weighted by molar-refractivity contribution is 7.71. The summed E-state index contributed by atoms with van der Waals surface area (Å²) in [6.07, 6.45) is 0. The summed E-state index contributed by atoms with van der Waals surface area (Å²) in [4.78, 5) is 2.91. The lowest BCUT2D eigenvalue weighted by Gasteiger charge is -2.10. The van der Waals surface area contributed by atoms with Gasteiger partial charge in [0, 0.05) is 0 Å². The second-order valence-corrected chi connectivity index (χ2v) is 5.20. The Hall–Kier alpha value is -2.01. The van der Waals surface area contributed by atoms with Crippen molar-refractivity contribution in [2.24, 2.45) is 0 Å². The number of fused-ring (bicyclic) bond motifs is 1. The SMILES string of the molecule is Cc1ccc(-n2c(=S)[nH]c3ccc(F)c(F)c32)c(C)c1. The van der Waals surface area contributed by atoms with Crippen LogP contribution in [0.2, 0.25) is 0 Å². The van der Waals surface area contributed by atoms with Crippen LogP contribution < -0.4 is 0 Å². The van der Waals surface area contributed by atoms with E-state index in [0.29, 0.717) is 10.3 Å². The number of hydrogen-bond acceptors (Lipinski definition) is 1. The van der Waals surface area contributed by atoms with Crippen LogP contribution in [0.5, 0.6) is 0 Å². The number of aryl methyl sites for hydroxylation is 2. The topological polar surface area (TPSA) is 20.7 Å². The molecular formula is C15H12F2N2S. The van der Waals surface area contributed by atoms with E-state index in [2.05, 4.69) is 4.98 Å². The Morgan fingerprint density at radius 2 is 1.85 bits per heavy atom. The van der Waals surface area contributed by atoms with Gasteiger partial charge < -0.3 is 4.98 Å². The van der Waals surface area contributed by atoms with Gasteiger partial charge in [0.1, 0.15) is 5.52 Å². The average molecular weight is 290 g/mol. The maximum absolute atomic E-state index is 14.1. The lowest BCUT2D eigenvalue weighted by molar-refractivity contribution is 0.514. The number of benzene rings is 2. The fraction of sp³-hybridized carbons (Fsp3) is 0.133. The zero-order chi connectivity index (χ0) is 14.4. The molecule has 0 unspecified atom stereocenters. The van der Waals surface area contributed by atoms with Gasteiger partial charge in [-0.05, 0) is 49.8 Å². The standard InChI is InChI=1S/C15H12F2N2S/c1-8-3-6-12(9(2)7-8)19-14-11(18-15(19)20)5-4-10(16)13(14)17/h3-7H,1-2H3,(H,18,20). The zero-order valence-corrected chi connectivity index (χ0v) is 11.8. The largest absolute Gasteiger partial charge is 0.330 e. The Morgan fingerprint density at radius 1 is 1.10 bits per heavy atom. The molecule has 1 N–H and O–H groups in total. The van der Waals surface area contributed by atoms with Crippen LogP contribution in [0.3, 0.4) is 0 Å². The van der Waals surface area contributed by atoms with Crippen LogP contribution in [0.1, 0.15) is 11.1 Å². The van der Waals surface area contributed by atoms with Gasteiger partial charge in [-0.3, -0.25) is 4.57 Å². The van der Waals surface area contributed by atoms with Crippen molar-refractivity contribution < 1.29 is 8.78 Å². The number of H-pyrrole nitrogens is 1. The Labute approximate surface area is 119 Å². The third-order valence-electron chi connectivity index (χ3n) is 3.33. The fourth-order valence-corrected chi connectivity index (χ4v) is 2.72. The molecule has 0 aliphatic rings. The summed E-state index contributed by atoms with van der Waals surface area (Å²) in [6.45, 7) is 3.89. The van der Waals surface area contributed by atoms with Crippen molar-refractivity contribution >= 4 is 23.3 Å². The van der Waals surface area contributed by atoms with Gasteiger partial charge in [0.2, 0.25) is 0 Å². The highest BCUT2D eigenvalue weighted by Crippen LogP contribution is 2.26. The van der Waals surface area contributed by atoms with Crippen LogP contribution in [0.25, 0.3) is 16.7 Å². The number of imidazole rings is 1. The summed E-state index contributed by atoms with van der Waals surface area (Å²) in [6, 6.07) is 8.34. The van der Waals surface area contributed by atoms with Crippen LogP contribution in [-0.2, 0) is 0 Å². The molecule has 0 spiro atoms. The summed E-state index contributed by atoms with van der Waals surface area (Å²) in [5.41, 5.74) is 3.42. The lowest BCUT2D eigenvalue weighted by atomic mass is 10.1. The number of nitrogens with one attached hydrogen (secondary N) is 1. The molecule has 0 saturated carbocycles.